The standard InChI is InChI=1S/C28H32ClN5O3/c29-23-11-5-3-9-21(23)26-31-25(37-32-26)19-33-17-13-20(14-18-33)27(35)30-24-12-6-4-10-22(24)28(36)34-15-7-1-2-8-16-34/h3-6,9-12,20H,1-2,7-8,13-19H2,(H,30,35). The van der Waals surface area contributed by atoms with Crippen molar-refractivity contribution < 1.29 is 14.1 Å². The number of halogens is 1. The van der Waals surface area contributed by atoms with Crippen molar-refractivity contribution in [3.8, 4) is 11.4 Å². The Morgan fingerprint density at radius 1 is 0.946 bits per heavy atom. The van der Waals surface area contributed by atoms with E-state index in [0.717, 1.165) is 70.3 Å². The molecule has 2 amide bonds. The summed E-state index contributed by atoms with van der Waals surface area (Å²) in [6, 6.07) is 14.8. The fourth-order valence-corrected chi connectivity index (χ4v) is 5.29. The smallest absolute Gasteiger partial charge is 0.255 e. The third kappa shape index (κ3) is 6.19. The number of carbonyl (C=O) groups is 2. The van der Waals surface area contributed by atoms with Crippen LogP contribution in [0.25, 0.3) is 11.4 Å². The largest absolute Gasteiger partial charge is 0.339 e. The molecule has 0 radical (unpaired) electrons. The van der Waals surface area contributed by atoms with Crippen LogP contribution in [-0.4, -0.2) is 57.9 Å². The molecule has 0 spiro atoms. The van der Waals surface area contributed by atoms with Gasteiger partial charge in [0.1, 0.15) is 0 Å². The molecule has 1 N–H and O–H groups in total. The third-order valence-electron chi connectivity index (χ3n) is 7.21. The van der Waals surface area contributed by atoms with Crippen molar-refractivity contribution in [2.75, 3.05) is 31.5 Å². The topological polar surface area (TPSA) is 91.6 Å². The van der Waals surface area contributed by atoms with E-state index in [2.05, 4.69) is 20.4 Å². The molecule has 2 fully saturated rings. The lowest BCUT2D eigenvalue weighted by Crippen LogP contribution is -2.38. The van der Waals surface area contributed by atoms with Crippen LogP contribution in [0.4, 0.5) is 5.69 Å². The first-order valence-corrected chi connectivity index (χ1v) is 13.5. The van der Waals surface area contributed by atoms with Crippen molar-refractivity contribution in [3.63, 3.8) is 0 Å². The minimum absolute atomic E-state index is 0.00309. The second kappa shape index (κ2) is 11.9. The van der Waals surface area contributed by atoms with Gasteiger partial charge in [0.05, 0.1) is 22.8 Å². The maximum Gasteiger partial charge on any atom is 0.255 e. The van der Waals surface area contributed by atoms with E-state index in [-0.39, 0.29) is 17.7 Å². The Morgan fingerprint density at radius 2 is 1.65 bits per heavy atom. The van der Waals surface area contributed by atoms with Gasteiger partial charge in [0.2, 0.25) is 17.6 Å². The number of carbonyl (C=O) groups excluding carboxylic acids is 2. The molecule has 8 nitrogen and oxygen atoms in total. The Labute approximate surface area is 222 Å². The van der Waals surface area contributed by atoms with Gasteiger partial charge in [-0.05, 0) is 63.0 Å². The fourth-order valence-electron chi connectivity index (χ4n) is 5.07. The van der Waals surface area contributed by atoms with Crippen molar-refractivity contribution in [2.45, 2.75) is 45.1 Å². The Morgan fingerprint density at radius 3 is 2.41 bits per heavy atom. The number of amides is 2. The van der Waals surface area contributed by atoms with E-state index in [9.17, 15) is 9.59 Å². The van der Waals surface area contributed by atoms with Crippen molar-refractivity contribution >= 4 is 29.1 Å². The molecule has 0 aliphatic carbocycles. The summed E-state index contributed by atoms with van der Waals surface area (Å²) < 4.78 is 5.45. The van der Waals surface area contributed by atoms with Crippen LogP contribution in [-0.2, 0) is 11.3 Å². The molecule has 0 saturated carbocycles. The van der Waals surface area contributed by atoms with Gasteiger partial charge in [0.25, 0.3) is 5.91 Å². The molecule has 37 heavy (non-hydrogen) atoms. The lowest BCUT2D eigenvalue weighted by molar-refractivity contribution is -0.121. The number of para-hydroxylation sites is 1. The quantitative estimate of drug-likeness (QED) is 0.476. The summed E-state index contributed by atoms with van der Waals surface area (Å²) in [5, 5.41) is 7.70. The average molecular weight is 522 g/mol. The minimum Gasteiger partial charge on any atom is -0.339 e. The van der Waals surface area contributed by atoms with Gasteiger partial charge >= 0.3 is 0 Å². The summed E-state index contributed by atoms with van der Waals surface area (Å²) in [7, 11) is 0. The number of rotatable bonds is 6. The molecule has 2 saturated heterocycles. The molecule has 0 unspecified atom stereocenters. The Bertz CT molecular complexity index is 1230. The fraction of sp³-hybridized carbons (Fsp3) is 0.429. The van der Waals surface area contributed by atoms with Crippen molar-refractivity contribution in [2.24, 2.45) is 5.92 Å². The minimum atomic E-state index is -0.112. The van der Waals surface area contributed by atoms with Crippen LogP contribution in [0.3, 0.4) is 0 Å². The first kappa shape index (κ1) is 25.4. The van der Waals surface area contributed by atoms with Gasteiger partial charge in [-0.1, -0.05) is 53.9 Å². The van der Waals surface area contributed by atoms with E-state index in [1.165, 1.54) is 0 Å². The molecular formula is C28H32ClN5O3. The zero-order valence-electron chi connectivity index (χ0n) is 20.9. The highest BCUT2D eigenvalue weighted by molar-refractivity contribution is 6.33. The normalized spacial score (nSPS) is 17.4. The maximum absolute atomic E-state index is 13.2. The number of hydrogen-bond acceptors (Lipinski definition) is 6. The van der Waals surface area contributed by atoms with Gasteiger partial charge < -0.3 is 14.7 Å². The first-order chi connectivity index (χ1) is 18.1. The highest BCUT2D eigenvalue weighted by Gasteiger charge is 2.28. The van der Waals surface area contributed by atoms with Crippen LogP contribution < -0.4 is 5.32 Å². The lowest BCUT2D eigenvalue weighted by atomic mass is 9.95. The SMILES string of the molecule is O=C(Nc1ccccc1C(=O)N1CCCCCC1)C1CCN(Cc2nc(-c3ccccc3Cl)no2)CC1. The van der Waals surface area contributed by atoms with Gasteiger partial charge in [-0.15, -0.1) is 0 Å². The molecule has 0 bridgehead atoms. The van der Waals surface area contributed by atoms with Crippen LogP contribution in [0.2, 0.25) is 5.02 Å². The summed E-state index contributed by atoms with van der Waals surface area (Å²) in [5.74, 6) is 0.860. The molecule has 9 heteroatoms. The number of piperidine rings is 1. The molecule has 5 rings (SSSR count). The molecule has 2 aromatic carbocycles. The van der Waals surface area contributed by atoms with Crippen molar-refractivity contribution in [1.29, 1.82) is 0 Å². The number of benzene rings is 2. The zero-order chi connectivity index (χ0) is 25.6. The van der Waals surface area contributed by atoms with E-state index >= 15 is 0 Å². The Kier molecular flexibility index (Phi) is 8.16. The first-order valence-electron chi connectivity index (χ1n) is 13.1. The molecule has 2 aliphatic rings. The van der Waals surface area contributed by atoms with E-state index in [1.807, 2.05) is 47.4 Å². The number of aromatic nitrogens is 2. The third-order valence-corrected chi connectivity index (χ3v) is 7.54. The van der Waals surface area contributed by atoms with E-state index in [4.69, 9.17) is 16.1 Å². The molecule has 1 aromatic heterocycles. The van der Waals surface area contributed by atoms with Gasteiger partial charge in [0, 0.05) is 24.6 Å². The van der Waals surface area contributed by atoms with Crippen molar-refractivity contribution in [1.82, 2.24) is 19.9 Å². The van der Waals surface area contributed by atoms with E-state index < -0.39 is 0 Å². The predicted molar refractivity (Wildman–Crippen MR) is 142 cm³/mol. The van der Waals surface area contributed by atoms with Crippen LogP contribution in [0.1, 0.15) is 54.8 Å². The second-order valence-electron chi connectivity index (χ2n) is 9.78. The number of anilines is 1. The van der Waals surface area contributed by atoms with Crippen LogP contribution in [0.15, 0.2) is 53.1 Å². The number of likely N-dealkylation sites (tertiary alicyclic amines) is 2. The summed E-state index contributed by atoms with van der Waals surface area (Å²) in [6.07, 6.45) is 5.83. The lowest BCUT2D eigenvalue weighted by Gasteiger charge is -2.30. The van der Waals surface area contributed by atoms with Gasteiger partial charge in [0.15, 0.2) is 0 Å². The number of nitrogens with zero attached hydrogens (tertiary/aromatic N) is 4. The summed E-state index contributed by atoms with van der Waals surface area (Å²) >= 11 is 6.25. The van der Waals surface area contributed by atoms with Crippen LogP contribution >= 0.6 is 11.6 Å². The molecular weight excluding hydrogens is 490 g/mol. The monoisotopic (exact) mass is 521 g/mol. The number of hydrogen-bond donors (Lipinski definition) is 1. The highest BCUT2D eigenvalue weighted by atomic mass is 35.5. The number of nitrogens with one attached hydrogen (secondary N) is 1. The van der Waals surface area contributed by atoms with E-state index in [1.54, 1.807) is 6.07 Å². The second-order valence-corrected chi connectivity index (χ2v) is 10.2. The average Bonchev–Trinajstić information content (AvgIpc) is 3.20. The Balaban J connectivity index is 1.15. The predicted octanol–water partition coefficient (Wildman–Crippen LogP) is 5.26. The van der Waals surface area contributed by atoms with Crippen molar-refractivity contribution in [3.05, 3.63) is 65.0 Å². The molecule has 194 valence electrons. The van der Waals surface area contributed by atoms with Gasteiger partial charge in [-0.2, -0.15) is 4.98 Å². The maximum atomic E-state index is 13.2. The molecule has 3 aromatic rings. The zero-order valence-corrected chi connectivity index (χ0v) is 21.6. The molecule has 3 heterocycles. The van der Waals surface area contributed by atoms with Crippen LogP contribution in [0.5, 0.6) is 0 Å². The highest BCUT2D eigenvalue weighted by Crippen LogP contribution is 2.27. The van der Waals surface area contributed by atoms with Crippen LogP contribution in [0, 0.1) is 5.92 Å². The van der Waals surface area contributed by atoms with Gasteiger partial charge in [-0.3, -0.25) is 14.5 Å². The molecule has 2 aliphatic heterocycles. The summed E-state index contributed by atoms with van der Waals surface area (Å²) in [6.45, 7) is 3.57. The van der Waals surface area contributed by atoms with Gasteiger partial charge in [-0.25, -0.2) is 0 Å². The summed E-state index contributed by atoms with van der Waals surface area (Å²) in [5.41, 5.74) is 1.91. The summed E-state index contributed by atoms with van der Waals surface area (Å²) in [4.78, 5) is 35.0. The van der Waals surface area contributed by atoms with E-state index in [0.29, 0.717) is 34.5 Å². The Hall–Kier alpha value is -3.23. The molecule has 0 atom stereocenters.